The van der Waals surface area contributed by atoms with Gasteiger partial charge in [-0.05, 0) is 79.1 Å². The number of allylic oxidation sites excluding steroid dienone is 1. The summed E-state index contributed by atoms with van der Waals surface area (Å²) in [5.74, 6) is 2.29. The molecule has 0 aliphatic heterocycles. The number of hydrogen-bond donors (Lipinski definition) is 1. The number of aryl methyl sites for hydroxylation is 1. The number of nitrogens with two attached hydrogens (primary N) is 1. The molecule has 0 heterocycles. The monoisotopic (exact) mass is 455 g/mol. The zero-order valence-electron chi connectivity index (χ0n) is 21.6. The molecule has 2 nitrogen and oxygen atoms in total. The van der Waals surface area contributed by atoms with Crippen LogP contribution in [-0.4, -0.2) is 6.61 Å². The maximum Gasteiger partial charge on any atom is 0.123 e. The molecule has 2 aromatic rings. The van der Waals surface area contributed by atoms with Crippen molar-refractivity contribution in [3.05, 3.63) is 71.7 Å². The lowest BCUT2D eigenvalue weighted by Crippen LogP contribution is -2.11. The summed E-state index contributed by atoms with van der Waals surface area (Å²) in [5.41, 5.74) is 8.78. The molecule has 0 bridgehead atoms. The first kappa shape index (κ1) is 28.7. The minimum absolute atomic E-state index is 0.205. The third kappa shape index (κ3) is 11.9. The van der Waals surface area contributed by atoms with Crippen LogP contribution in [0.2, 0.25) is 0 Å². The third-order valence-corrected chi connectivity index (χ3v) is 6.35. The molecule has 2 rings (SSSR count). The van der Waals surface area contributed by atoms with Crippen molar-refractivity contribution in [2.75, 3.05) is 6.61 Å². The molecule has 0 aromatic heterocycles. The van der Waals surface area contributed by atoms with Crippen LogP contribution in [0.3, 0.4) is 0 Å². The molecule has 2 unspecified atom stereocenters. The zero-order chi connectivity index (χ0) is 24.5. The summed E-state index contributed by atoms with van der Waals surface area (Å²) in [6.45, 7) is 11.9. The Hall–Kier alpha value is -2.29. The van der Waals surface area contributed by atoms with Gasteiger partial charge in [-0.3, -0.25) is 0 Å². The van der Waals surface area contributed by atoms with Crippen LogP contribution in [0.5, 0.6) is 5.75 Å². The van der Waals surface area contributed by atoms with E-state index in [1.165, 1.54) is 50.2 Å². The average molecular weight is 456 g/mol. The first-order chi connectivity index (χ1) is 15.9. The van der Waals surface area contributed by atoms with Gasteiger partial charge in [0.25, 0.3) is 0 Å². The number of para-hydroxylation sites is 1. The smallest absolute Gasteiger partial charge is 0.123 e. The van der Waals surface area contributed by atoms with Crippen LogP contribution in [0, 0.1) is 24.6 Å². The topological polar surface area (TPSA) is 35.2 Å². The molecule has 0 saturated carbocycles. The maximum atomic E-state index is 13.1. The summed E-state index contributed by atoms with van der Waals surface area (Å²) < 4.78 is 19.0. The van der Waals surface area contributed by atoms with Crippen molar-refractivity contribution in [3.8, 4) is 5.75 Å². The van der Waals surface area contributed by atoms with Crippen LogP contribution in [0.1, 0.15) is 90.2 Å². The molecule has 3 heteroatoms. The SMILES string of the molecule is CCC(C)CCC/C(=C/N)c1cccc(F)c1.CCCCC(CC)COc1ccccc1C. The zero-order valence-corrected chi connectivity index (χ0v) is 21.6. The van der Waals surface area contributed by atoms with E-state index in [2.05, 4.69) is 52.8 Å². The molecule has 0 aliphatic rings. The summed E-state index contributed by atoms with van der Waals surface area (Å²) >= 11 is 0. The molecule has 2 aromatic carbocycles. The van der Waals surface area contributed by atoms with Gasteiger partial charge >= 0.3 is 0 Å². The van der Waals surface area contributed by atoms with Crippen molar-refractivity contribution in [1.82, 2.24) is 0 Å². The second kappa shape index (κ2) is 17.2. The number of hydrogen-bond acceptors (Lipinski definition) is 2. The molecule has 0 saturated heterocycles. The molecule has 0 radical (unpaired) electrons. The van der Waals surface area contributed by atoms with Crippen molar-refractivity contribution in [1.29, 1.82) is 0 Å². The van der Waals surface area contributed by atoms with E-state index in [0.717, 1.165) is 42.3 Å². The highest BCUT2D eigenvalue weighted by Crippen LogP contribution is 2.23. The Morgan fingerprint density at radius 3 is 2.36 bits per heavy atom. The van der Waals surface area contributed by atoms with Crippen LogP contribution in [-0.2, 0) is 0 Å². The highest BCUT2D eigenvalue weighted by Gasteiger charge is 2.07. The number of halogens is 1. The van der Waals surface area contributed by atoms with Gasteiger partial charge in [0.2, 0.25) is 0 Å². The van der Waals surface area contributed by atoms with E-state index in [-0.39, 0.29) is 5.82 Å². The van der Waals surface area contributed by atoms with E-state index in [4.69, 9.17) is 10.5 Å². The van der Waals surface area contributed by atoms with E-state index < -0.39 is 0 Å². The number of benzene rings is 2. The predicted octanol–water partition coefficient (Wildman–Crippen LogP) is 8.93. The fourth-order valence-corrected chi connectivity index (χ4v) is 3.68. The molecule has 0 aliphatic carbocycles. The molecule has 2 atom stereocenters. The van der Waals surface area contributed by atoms with Gasteiger partial charge in [-0.15, -0.1) is 0 Å². The van der Waals surface area contributed by atoms with Crippen LogP contribution < -0.4 is 10.5 Å². The van der Waals surface area contributed by atoms with E-state index >= 15 is 0 Å². The predicted molar refractivity (Wildman–Crippen MR) is 142 cm³/mol. The highest BCUT2D eigenvalue weighted by atomic mass is 19.1. The summed E-state index contributed by atoms with van der Waals surface area (Å²) in [6, 6.07) is 14.9. The van der Waals surface area contributed by atoms with Gasteiger partial charge in [0, 0.05) is 0 Å². The Kier molecular flexibility index (Phi) is 15.0. The van der Waals surface area contributed by atoms with Crippen LogP contribution in [0.25, 0.3) is 5.57 Å². The van der Waals surface area contributed by atoms with Crippen LogP contribution >= 0.6 is 0 Å². The van der Waals surface area contributed by atoms with Gasteiger partial charge in [0.05, 0.1) is 6.61 Å². The largest absolute Gasteiger partial charge is 0.493 e. The lowest BCUT2D eigenvalue weighted by atomic mass is 9.96. The van der Waals surface area contributed by atoms with Gasteiger partial charge in [-0.25, -0.2) is 4.39 Å². The maximum absolute atomic E-state index is 13.1. The standard InChI is InChI=1S/C15H22FN.C15H24O/c1-3-12(2)6-4-8-14(11-17)13-7-5-9-15(16)10-13;1-4-6-10-14(5-2)12-16-15-11-8-7-9-13(15)3/h5,7,9-12H,3-4,6,8,17H2,1-2H3;7-9,11,14H,4-6,10,12H2,1-3H3/b14-11-;. The number of ether oxygens (including phenoxy) is 1. The lowest BCUT2D eigenvalue weighted by Gasteiger charge is -2.16. The minimum Gasteiger partial charge on any atom is -0.493 e. The highest BCUT2D eigenvalue weighted by molar-refractivity contribution is 5.64. The number of rotatable bonds is 13. The molecule has 0 spiro atoms. The average Bonchev–Trinajstić information content (AvgIpc) is 2.83. The lowest BCUT2D eigenvalue weighted by molar-refractivity contribution is 0.232. The van der Waals surface area contributed by atoms with Gasteiger partial charge < -0.3 is 10.5 Å². The first-order valence-corrected chi connectivity index (χ1v) is 12.8. The Morgan fingerprint density at radius 2 is 1.76 bits per heavy atom. The van der Waals surface area contributed by atoms with Gasteiger partial charge in [-0.2, -0.15) is 0 Å². The molecular weight excluding hydrogens is 409 g/mol. The third-order valence-electron chi connectivity index (χ3n) is 6.35. The second-order valence-corrected chi connectivity index (χ2v) is 9.10. The minimum atomic E-state index is -0.205. The van der Waals surface area contributed by atoms with E-state index in [9.17, 15) is 4.39 Å². The molecular formula is C30H46FNO. The van der Waals surface area contributed by atoms with Crippen molar-refractivity contribution in [2.45, 2.75) is 86.0 Å². The fourth-order valence-electron chi connectivity index (χ4n) is 3.68. The summed E-state index contributed by atoms with van der Waals surface area (Å²) in [5, 5.41) is 0. The van der Waals surface area contributed by atoms with E-state index in [1.54, 1.807) is 18.3 Å². The number of unbranched alkanes of at least 4 members (excludes halogenated alkanes) is 1. The van der Waals surface area contributed by atoms with E-state index in [0.29, 0.717) is 5.92 Å². The molecule has 33 heavy (non-hydrogen) atoms. The Balaban J connectivity index is 0.000000331. The quantitative estimate of drug-likeness (QED) is 0.327. The van der Waals surface area contributed by atoms with Crippen molar-refractivity contribution in [2.24, 2.45) is 17.6 Å². The van der Waals surface area contributed by atoms with Gasteiger partial charge in [0.1, 0.15) is 11.6 Å². The molecule has 0 amide bonds. The second-order valence-electron chi connectivity index (χ2n) is 9.10. The first-order valence-electron chi connectivity index (χ1n) is 12.8. The van der Waals surface area contributed by atoms with Crippen molar-refractivity contribution >= 4 is 5.57 Å². The van der Waals surface area contributed by atoms with Crippen molar-refractivity contribution < 1.29 is 9.13 Å². The Morgan fingerprint density at radius 1 is 1.00 bits per heavy atom. The summed E-state index contributed by atoms with van der Waals surface area (Å²) in [7, 11) is 0. The van der Waals surface area contributed by atoms with Crippen molar-refractivity contribution in [3.63, 3.8) is 0 Å². The van der Waals surface area contributed by atoms with Crippen LogP contribution in [0.15, 0.2) is 54.7 Å². The molecule has 184 valence electrons. The van der Waals surface area contributed by atoms with Crippen LogP contribution in [0.4, 0.5) is 4.39 Å². The Bertz CT molecular complexity index is 801. The van der Waals surface area contributed by atoms with Gasteiger partial charge in [0.15, 0.2) is 0 Å². The van der Waals surface area contributed by atoms with Gasteiger partial charge in [-0.1, -0.05) is 90.1 Å². The Labute approximate surface area is 202 Å². The molecule has 0 fully saturated rings. The van der Waals surface area contributed by atoms with E-state index in [1.807, 2.05) is 12.1 Å². The summed E-state index contributed by atoms with van der Waals surface area (Å²) in [4.78, 5) is 0. The molecule has 2 N–H and O–H groups in total. The fraction of sp³-hybridized carbons (Fsp3) is 0.533. The normalized spacial score (nSPS) is 13.1. The summed E-state index contributed by atoms with van der Waals surface area (Å²) in [6.07, 6.45) is 11.1.